The highest BCUT2D eigenvalue weighted by Crippen LogP contribution is 2.27. The predicted molar refractivity (Wildman–Crippen MR) is 92.5 cm³/mol. The number of carbonyl (C=O) groups excluding carboxylic acids is 1. The van der Waals surface area contributed by atoms with Gasteiger partial charge in [0, 0.05) is 25.6 Å². The lowest BCUT2D eigenvalue weighted by Crippen LogP contribution is -2.33. The monoisotopic (exact) mass is 316 g/mol. The third-order valence-corrected chi connectivity index (χ3v) is 5.23. The molecule has 3 rings (SSSR count). The van der Waals surface area contributed by atoms with E-state index in [0.29, 0.717) is 18.2 Å². The molecule has 1 aliphatic carbocycles. The number of aromatic nitrogens is 2. The Hall–Kier alpha value is -1.65. The summed E-state index contributed by atoms with van der Waals surface area (Å²) in [4.78, 5) is 23.1. The lowest BCUT2D eigenvalue weighted by atomic mass is 9.87. The highest BCUT2D eigenvalue weighted by molar-refractivity contribution is 5.90. The fraction of sp³-hybridized carbons (Fsp3) is 0.722. The molecular formula is C18H28N4O. The minimum atomic E-state index is 0.0915. The van der Waals surface area contributed by atoms with Crippen LogP contribution in [0, 0.1) is 11.8 Å². The van der Waals surface area contributed by atoms with Gasteiger partial charge in [-0.2, -0.15) is 0 Å². The average Bonchev–Trinajstić information content (AvgIpc) is 2.56. The van der Waals surface area contributed by atoms with Gasteiger partial charge in [0.2, 0.25) is 5.91 Å². The number of carbonyl (C=O) groups is 1. The van der Waals surface area contributed by atoms with E-state index in [1.165, 1.54) is 44.9 Å². The maximum atomic E-state index is 12.2. The molecule has 2 heterocycles. The molecule has 2 fully saturated rings. The third kappa shape index (κ3) is 4.66. The van der Waals surface area contributed by atoms with Gasteiger partial charge in [-0.15, -0.1) is 0 Å². The molecule has 1 aromatic heterocycles. The average molecular weight is 316 g/mol. The summed E-state index contributed by atoms with van der Waals surface area (Å²) < 4.78 is 0. The Morgan fingerprint density at radius 3 is 2.65 bits per heavy atom. The summed E-state index contributed by atoms with van der Waals surface area (Å²) in [6.45, 7) is 4.37. The zero-order valence-electron chi connectivity index (χ0n) is 14.1. The summed E-state index contributed by atoms with van der Waals surface area (Å²) >= 11 is 0. The number of hydrogen-bond donors (Lipinski definition) is 1. The number of amides is 1. The lowest BCUT2D eigenvalue weighted by molar-refractivity contribution is -0.117. The first-order valence-electron chi connectivity index (χ1n) is 9.07. The minimum Gasteiger partial charge on any atom is -0.356 e. The van der Waals surface area contributed by atoms with Gasteiger partial charge >= 0.3 is 0 Å². The lowest BCUT2D eigenvalue weighted by Gasteiger charge is -2.31. The molecular weight excluding hydrogens is 288 g/mol. The molecule has 126 valence electrons. The van der Waals surface area contributed by atoms with E-state index < -0.39 is 0 Å². The Labute approximate surface area is 138 Å². The van der Waals surface area contributed by atoms with Crippen LogP contribution in [0.2, 0.25) is 0 Å². The van der Waals surface area contributed by atoms with E-state index in [4.69, 9.17) is 0 Å². The molecule has 0 bridgehead atoms. The summed E-state index contributed by atoms with van der Waals surface area (Å²) in [6, 6.07) is 1.91. The van der Waals surface area contributed by atoms with Crippen molar-refractivity contribution in [3.63, 3.8) is 0 Å². The zero-order chi connectivity index (χ0) is 16.1. The Bertz CT molecular complexity index is 520. The van der Waals surface area contributed by atoms with Crippen molar-refractivity contribution in [3.8, 4) is 0 Å². The second kappa shape index (κ2) is 7.75. The maximum absolute atomic E-state index is 12.2. The Kier molecular flexibility index (Phi) is 5.47. The number of nitrogens with zero attached hydrogens (tertiary/aromatic N) is 3. The quantitative estimate of drug-likeness (QED) is 0.921. The van der Waals surface area contributed by atoms with Crippen LogP contribution in [0.1, 0.15) is 58.3 Å². The summed E-state index contributed by atoms with van der Waals surface area (Å²) in [6.07, 6.45) is 10.8. The van der Waals surface area contributed by atoms with E-state index in [-0.39, 0.29) is 5.91 Å². The second-order valence-corrected chi connectivity index (χ2v) is 7.19. The number of nitrogens with one attached hydrogen (secondary N) is 1. The summed E-state index contributed by atoms with van der Waals surface area (Å²) in [7, 11) is 0. The molecule has 2 aliphatic rings. The van der Waals surface area contributed by atoms with Gasteiger partial charge in [0.1, 0.15) is 18.0 Å². The predicted octanol–water partition coefficient (Wildman–Crippen LogP) is 3.62. The van der Waals surface area contributed by atoms with Gasteiger partial charge in [-0.05, 0) is 37.5 Å². The van der Waals surface area contributed by atoms with E-state index in [1.807, 2.05) is 6.07 Å². The first-order valence-corrected chi connectivity index (χ1v) is 9.07. The summed E-state index contributed by atoms with van der Waals surface area (Å²) in [5.41, 5.74) is 0. The highest BCUT2D eigenvalue weighted by atomic mass is 16.1. The Morgan fingerprint density at radius 2 is 1.91 bits per heavy atom. The van der Waals surface area contributed by atoms with Crippen LogP contribution in [0.3, 0.4) is 0 Å². The molecule has 1 aromatic rings. The van der Waals surface area contributed by atoms with Crippen LogP contribution >= 0.6 is 0 Å². The molecule has 1 aliphatic heterocycles. The van der Waals surface area contributed by atoms with E-state index in [1.54, 1.807) is 6.33 Å². The minimum absolute atomic E-state index is 0.0915. The van der Waals surface area contributed by atoms with Crippen LogP contribution in [-0.2, 0) is 4.79 Å². The number of hydrogen-bond acceptors (Lipinski definition) is 4. The zero-order valence-corrected chi connectivity index (χ0v) is 14.1. The Morgan fingerprint density at radius 1 is 1.17 bits per heavy atom. The smallest absolute Gasteiger partial charge is 0.225 e. The van der Waals surface area contributed by atoms with Gasteiger partial charge < -0.3 is 10.2 Å². The molecule has 1 amide bonds. The van der Waals surface area contributed by atoms with Crippen LogP contribution in [0.5, 0.6) is 0 Å². The fourth-order valence-corrected chi connectivity index (χ4v) is 3.67. The molecule has 0 radical (unpaired) electrons. The van der Waals surface area contributed by atoms with Gasteiger partial charge in [0.15, 0.2) is 0 Å². The van der Waals surface area contributed by atoms with Crippen molar-refractivity contribution in [2.45, 2.75) is 58.3 Å². The molecule has 23 heavy (non-hydrogen) atoms. The van der Waals surface area contributed by atoms with Crippen LogP contribution < -0.4 is 10.2 Å². The van der Waals surface area contributed by atoms with Gasteiger partial charge in [-0.1, -0.05) is 26.2 Å². The van der Waals surface area contributed by atoms with Crippen molar-refractivity contribution in [2.75, 3.05) is 23.3 Å². The highest BCUT2D eigenvalue weighted by Gasteiger charge is 2.19. The third-order valence-electron chi connectivity index (χ3n) is 5.23. The van der Waals surface area contributed by atoms with Crippen molar-refractivity contribution < 1.29 is 4.79 Å². The van der Waals surface area contributed by atoms with Gasteiger partial charge in [0.05, 0.1) is 0 Å². The SMILES string of the molecule is CC1CCN(c2cc(NC(=O)CC3CCCCC3)ncn2)CC1. The molecule has 0 atom stereocenters. The summed E-state index contributed by atoms with van der Waals surface area (Å²) in [5, 5.41) is 2.96. The molecule has 0 unspecified atom stereocenters. The van der Waals surface area contributed by atoms with E-state index in [2.05, 4.69) is 27.1 Å². The molecule has 0 spiro atoms. The fourth-order valence-electron chi connectivity index (χ4n) is 3.67. The van der Waals surface area contributed by atoms with Crippen LogP contribution in [0.25, 0.3) is 0 Å². The van der Waals surface area contributed by atoms with Gasteiger partial charge in [0.25, 0.3) is 0 Å². The van der Waals surface area contributed by atoms with Crippen LogP contribution in [0.15, 0.2) is 12.4 Å². The van der Waals surface area contributed by atoms with Crippen LogP contribution in [0.4, 0.5) is 11.6 Å². The molecule has 1 N–H and O–H groups in total. The molecule has 1 saturated heterocycles. The maximum Gasteiger partial charge on any atom is 0.225 e. The van der Waals surface area contributed by atoms with E-state index in [9.17, 15) is 4.79 Å². The second-order valence-electron chi connectivity index (χ2n) is 7.19. The molecule has 1 saturated carbocycles. The Balaban J connectivity index is 1.55. The largest absolute Gasteiger partial charge is 0.356 e. The molecule has 0 aromatic carbocycles. The van der Waals surface area contributed by atoms with Gasteiger partial charge in [-0.25, -0.2) is 9.97 Å². The summed E-state index contributed by atoms with van der Waals surface area (Å²) in [5.74, 6) is 3.00. The van der Waals surface area contributed by atoms with Crippen molar-refractivity contribution in [1.29, 1.82) is 0 Å². The van der Waals surface area contributed by atoms with E-state index >= 15 is 0 Å². The normalized spacial score (nSPS) is 20.5. The number of piperidine rings is 1. The van der Waals surface area contributed by atoms with E-state index in [0.717, 1.165) is 24.8 Å². The van der Waals surface area contributed by atoms with Crippen molar-refractivity contribution in [1.82, 2.24) is 9.97 Å². The van der Waals surface area contributed by atoms with Crippen molar-refractivity contribution in [3.05, 3.63) is 12.4 Å². The number of rotatable bonds is 4. The molecule has 5 heteroatoms. The van der Waals surface area contributed by atoms with Crippen LogP contribution in [-0.4, -0.2) is 29.0 Å². The topological polar surface area (TPSA) is 58.1 Å². The van der Waals surface area contributed by atoms with Crippen molar-refractivity contribution in [2.24, 2.45) is 11.8 Å². The number of anilines is 2. The first-order chi connectivity index (χ1) is 11.2. The first kappa shape index (κ1) is 16.2. The van der Waals surface area contributed by atoms with Gasteiger partial charge in [-0.3, -0.25) is 4.79 Å². The standard InChI is InChI=1S/C18H28N4O/c1-14-7-9-22(10-8-14)17-12-16(19-13-20-17)21-18(23)11-15-5-3-2-4-6-15/h12-15H,2-11H2,1H3,(H,19,20,21,23). The molecule has 5 nitrogen and oxygen atoms in total. The van der Waals surface area contributed by atoms with Crippen molar-refractivity contribution >= 4 is 17.5 Å².